The predicted octanol–water partition coefficient (Wildman–Crippen LogP) is 6.38. The van der Waals surface area contributed by atoms with Gasteiger partial charge in [-0.25, -0.2) is 4.79 Å². The molecule has 0 N–H and O–H groups in total. The van der Waals surface area contributed by atoms with Gasteiger partial charge in [-0.2, -0.15) is 0 Å². The van der Waals surface area contributed by atoms with Crippen molar-refractivity contribution in [3.05, 3.63) is 12.2 Å². The van der Waals surface area contributed by atoms with Crippen molar-refractivity contribution in [2.45, 2.75) is 97.3 Å². The van der Waals surface area contributed by atoms with Gasteiger partial charge in [0.1, 0.15) is 6.61 Å². The first-order valence-electron chi connectivity index (χ1n) is 20.9. The summed E-state index contributed by atoms with van der Waals surface area (Å²) in [4.78, 5) is 11.2. The Labute approximate surface area is 328 Å². The molecule has 0 radical (unpaired) electrons. The van der Waals surface area contributed by atoms with Gasteiger partial charge in [-0.1, -0.05) is 90.6 Å². The number of unbranched alkanes of at least 4 members (excludes halogenated alkanes) is 12. The van der Waals surface area contributed by atoms with Crippen molar-refractivity contribution in [1.82, 2.24) is 0 Å². The molecule has 13 nitrogen and oxygen atoms in total. The number of esters is 1. The van der Waals surface area contributed by atoms with E-state index in [0.29, 0.717) is 144 Å². The van der Waals surface area contributed by atoms with Crippen molar-refractivity contribution >= 4 is 5.97 Å². The van der Waals surface area contributed by atoms with Crippen LogP contribution in [0.1, 0.15) is 97.3 Å². The zero-order valence-corrected chi connectivity index (χ0v) is 34.5. The van der Waals surface area contributed by atoms with Gasteiger partial charge in [0.15, 0.2) is 0 Å². The molecule has 0 saturated heterocycles. The predicted molar refractivity (Wildman–Crippen MR) is 210 cm³/mol. The molecule has 0 rings (SSSR count). The average molecular weight is 781 g/mol. The van der Waals surface area contributed by atoms with Gasteiger partial charge in [-0.3, -0.25) is 0 Å². The van der Waals surface area contributed by atoms with E-state index in [-0.39, 0.29) is 6.61 Å². The molecule has 0 atom stereocenters. The molecule has 0 aliphatic carbocycles. The highest BCUT2D eigenvalue weighted by molar-refractivity contribution is 5.86. The normalized spacial score (nSPS) is 11.4. The first-order valence-corrected chi connectivity index (χ1v) is 20.9. The van der Waals surface area contributed by atoms with Gasteiger partial charge in [0, 0.05) is 12.2 Å². The molecule has 0 unspecified atom stereocenters. The standard InChI is InChI=1S/C41H80O13/c1-4-5-6-7-8-9-10-11-12-13-14-15-16-17-43-18-19-44-20-21-45-22-23-46-24-25-47-26-27-48-28-29-49-30-31-50-32-33-51-34-35-52-36-37-53-38-39-54-41(42)40(2)3/h2,4-39H2,1,3H3. The third-order valence-corrected chi connectivity index (χ3v) is 7.92. The Morgan fingerprint density at radius 3 is 0.759 bits per heavy atom. The SMILES string of the molecule is C=C(C)C(=O)OCCOCCOCCOCCOCCOCCOCCOCCOCCOCCOCCOCCCCCCCCCCCCCCC. The van der Waals surface area contributed by atoms with Crippen molar-refractivity contribution < 1.29 is 61.6 Å². The highest BCUT2D eigenvalue weighted by atomic mass is 16.6. The van der Waals surface area contributed by atoms with Gasteiger partial charge in [0.2, 0.25) is 0 Å². The van der Waals surface area contributed by atoms with Crippen LogP contribution in [0.5, 0.6) is 0 Å². The van der Waals surface area contributed by atoms with Crippen molar-refractivity contribution in [2.24, 2.45) is 0 Å². The van der Waals surface area contributed by atoms with Gasteiger partial charge >= 0.3 is 5.97 Å². The minimum absolute atomic E-state index is 0.201. The van der Waals surface area contributed by atoms with Crippen molar-refractivity contribution in [1.29, 1.82) is 0 Å². The summed E-state index contributed by atoms with van der Waals surface area (Å²) < 4.78 is 65.4. The number of carbonyl (C=O) groups is 1. The topological polar surface area (TPSA) is 128 Å². The first-order chi connectivity index (χ1) is 26.7. The van der Waals surface area contributed by atoms with Crippen LogP contribution in [0.15, 0.2) is 12.2 Å². The van der Waals surface area contributed by atoms with Crippen LogP contribution in [-0.2, 0) is 61.6 Å². The highest BCUT2D eigenvalue weighted by Gasteiger charge is 2.02. The quantitative estimate of drug-likeness (QED) is 0.0386. The summed E-state index contributed by atoms with van der Waals surface area (Å²) in [6.07, 6.45) is 17.7. The van der Waals surface area contributed by atoms with Crippen LogP contribution in [0.3, 0.4) is 0 Å². The van der Waals surface area contributed by atoms with E-state index in [4.69, 9.17) is 56.8 Å². The lowest BCUT2D eigenvalue weighted by Gasteiger charge is -2.09. The fraction of sp³-hybridized carbons (Fsp3) is 0.927. The van der Waals surface area contributed by atoms with Crippen LogP contribution >= 0.6 is 0 Å². The van der Waals surface area contributed by atoms with Crippen LogP contribution in [0.4, 0.5) is 0 Å². The Morgan fingerprint density at radius 2 is 0.519 bits per heavy atom. The Hall–Kier alpha value is -1.23. The lowest BCUT2D eigenvalue weighted by atomic mass is 10.0. The molecule has 0 aliphatic heterocycles. The van der Waals surface area contributed by atoms with E-state index in [2.05, 4.69) is 13.5 Å². The molecule has 0 fully saturated rings. The summed E-state index contributed by atoms with van der Waals surface area (Å²) in [5.74, 6) is -0.410. The Balaban J connectivity index is 3.07. The zero-order chi connectivity index (χ0) is 39.1. The molecule has 0 aliphatic rings. The number of rotatable bonds is 48. The van der Waals surface area contributed by atoms with E-state index in [1.54, 1.807) is 6.92 Å². The molecule has 0 heterocycles. The molecule has 0 bridgehead atoms. The summed E-state index contributed by atoms with van der Waals surface area (Å²) in [5, 5.41) is 0. The van der Waals surface area contributed by atoms with Gasteiger partial charge in [0.05, 0.1) is 139 Å². The fourth-order valence-corrected chi connectivity index (χ4v) is 4.84. The number of carbonyl (C=O) groups excluding carboxylic acids is 1. The summed E-state index contributed by atoms with van der Waals surface area (Å²) in [7, 11) is 0. The van der Waals surface area contributed by atoms with Crippen molar-refractivity contribution in [3.8, 4) is 0 Å². The molecule has 0 spiro atoms. The molecule has 54 heavy (non-hydrogen) atoms. The third-order valence-electron chi connectivity index (χ3n) is 7.92. The summed E-state index contributed by atoms with van der Waals surface area (Å²) in [6.45, 7) is 19.0. The van der Waals surface area contributed by atoms with Crippen LogP contribution < -0.4 is 0 Å². The maximum atomic E-state index is 11.2. The number of hydrogen-bond donors (Lipinski definition) is 0. The Bertz CT molecular complexity index is 744. The molecular weight excluding hydrogens is 700 g/mol. The second-order valence-corrected chi connectivity index (χ2v) is 12.9. The third kappa shape index (κ3) is 46.9. The second kappa shape index (κ2) is 47.9. The highest BCUT2D eigenvalue weighted by Crippen LogP contribution is 2.12. The molecule has 0 aromatic rings. The van der Waals surface area contributed by atoms with E-state index in [1.165, 1.54) is 77.0 Å². The number of ether oxygens (including phenoxy) is 12. The van der Waals surface area contributed by atoms with Gasteiger partial charge in [-0.15, -0.1) is 0 Å². The first kappa shape index (κ1) is 52.8. The van der Waals surface area contributed by atoms with Crippen LogP contribution in [-0.4, -0.2) is 158 Å². The molecular formula is C41H80O13. The van der Waals surface area contributed by atoms with E-state index >= 15 is 0 Å². The van der Waals surface area contributed by atoms with Crippen molar-refractivity contribution in [2.75, 3.05) is 152 Å². The van der Waals surface area contributed by atoms with Gasteiger partial charge < -0.3 is 56.8 Å². The Morgan fingerprint density at radius 1 is 0.315 bits per heavy atom. The summed E-state index contributed by atoms with van der Waals surface area (Å²) >= 11 is 0. The summed E-state index contributed by atoms with van der Waals surface area (Å²) in [6, 6.07) is 0. The molecule has 0 aromatic carbocycles. The maximum absolute atomic E-state index is 11.2. The van der Waals surface area contributed by atoms with Crippen LogP contribution in [0.2, 0.25) is 0 Å². The smallest absolute Gasteiger partial charge is 0.333 e. The maximum Gasteiger partial charge on any atom is 0.333 e. The lowest BCUT2D eigenvalue weighted by molar-refractivity contribution is -0.140. The zero-order valence-electron chi connectivity index (χ0n) is 34.5. The molecule has 0 saturated carbocycles. The second-order valence-electron chi connectivity index (χ2n) is 12.9. The minimum Gasteiger partial charge on any atom is -0.460 e. The van der Waals surface area contributed by atoms with E-state index in [1.807, 2.05) is 0 Å². The molecule has 0 aromatic heterocycles. The van der Waals surface area contributed by atoms with E-state index in [9.17, 15) is 4.79 Å². The monoisotopic (exact) mass is 781 g/mol. The fourth-order valence-electron chi connectivity index (χ4n) is 4.84. The van der Waals surface area contributed by atoms with Crippen molar-refractivity contribution in [3.63, 3.8) is 0 Å². The van der Waals surface area contributed by atoms with Gasteiger partial charge in [0.25, 0.3) is 0 Å². The molecule has 322 valence electrons. The molecule has 13 heteroatoms. The largest absolute Gasteiger partial charge is 0.460 e. The van der Waals surface area contributed by atoms with Crippen LogP contribution in [0, 0.1) is 0 Å². The van der Waals surface area contributed by atoms with E-state index < -0.39 is 5.97 Å². The van der Waals surface area contributed by atoms with Gasteiger partial charge in [-0.05, 0) is 13.3 Å². The minimum atomic E-state index is -0.410. The lowest BCUT2D eigenvalue weighted by Crippen LogP contribution is -2.15. The molecule has 0 amide bonds. The number of hydrogen-bond acceptors (Lipinski definition) is 13. The van der Waals surface area contributed by atoms with Crippen LogP contribution in [0.25, 0.3) is 0 Å². The summed E-state index contributed by atoms with van der Waals surface area (Å²) in [5.41, 5.74) is 0.372. The van der Waals surface area contributed by atoms with E-state index in [0.717, 1.165) is 13.0 Å². The average Bonchev–Trinajstić information content (AvgIpc) is 3.17. The Kier molecular flexibility index (Phi) is 46.8.